The smallest absolute Gasteiger partial charge is 0.319 e. The molecule has 0 aliphatic rings. The van der Waals surface area contributed by atoms with Crippen LogP contribution in [0, 0.1) is 0 Å². The van der Waals surface area contributed by atoms with Crippen molar-refractivity contribution in [2.75, 3.05) is 13.7 Å². The van der Waals surface area contributed by atoms with Crippen molar-refractivity contribution < 1.29 is 9.53 Å². The number of hydrogen-bond donors (Lipinski definition) is 1. The monoisotopic (exact) mass is 149 g/mol. The van der Waals surface area contributed by atoms with Crippen LogP contribution in [0.3, 0.4) is 0 Å². The Hall–Kier alpha value is -0.570. The molecule has 64 valence electrons. The lowest BCUT2D eigenvalue weighted by atomic mass is 10.7. The number of carbonyl (C=O) groups excluding carboxylic acids is 1. The summed E-state index contributed by atoms with van der Waals surface area (Å²) in [7, 11) is 1.30. The van der Waals surface area contributed by atoms with Crippen LogP contribution in [-0.4, -0.2) is 19.6 Å². The zero-order valence-electron chi connectivity index (χ0n) is 7.60. The van der Waals surface area contributed by atoms with Crippen LogP contribution in [0.5, 0.6) is 0 Å². The minimum absolute atomic E-state index is 0.0312. The van der Waals surface area contributed by atoms with Gasteiger partial charge in [-0.2, -0.15) is 0 Å². The Morgan fingerprint density at radius 1 is 1.30 bits per heavy atom. The summed E-state index contributed by atoms with van der Waals surface area (Å²) in [5.74, 6) is -0.380. The van der Waals surface area contributed by atoms with E-state index < -0.39 is 0 Å². The van der Waals surface area contributed by atoms with Crippen molar-refractivity contribution >= 4 is 5.97 Å². The molecule has 0 amide bonds. The summed E-state index contributed by atoms with van der Waals surface area (Å²) in [5.41, 5.74) is 4.81. The predicted octanol–water partition coefficient (Wildman–Crippen LogP) is 1.17. The molecule has 0 rings (SSSR count). The second-order valence-electron chi connectivity index (χ2n) is 0.780. The molecule has 3 nitrogen and oxygen atoms in total. The molecule has 3 heteroatoms. The molecule has 0 spiro atoms. The number of hydrogen-bond acceptors (Lipinski definition) is 3. The number of esters is 1. The van der Waals surface area contributed by atoms with Gasteiger partial charge in [0.15, 0.2) is 0 Å². The van der Waals surface area contributed by atoms with Gasteiger partial charge in [-0.1, -0.05) is 27.7 Å². The Morgan fingerprint density at radius 3 is 1.60 bits per heavy atom. The van der Waals surface area contributed by atoms with E-state index in [1.807, 2.05) is 27.7 Å². The van der Waals surface area contributed by atoms with E-state index in [0.29, 0.717) is 0 Å². The van der Waals surface area contributed by atoms with Gasteiger partial charge < -0.3 is 10.5 Å². The van der Waals surface area contributed by atoms with Crippen molar-refractivity contribution in [1.82, 2.24) is 0 Å². The first-order valence-electron chi connectivity index (χ1n) is 3.58. The standard InChI is InChI=1S/C3H7NO2.2C2H6/c1-6-3(5)2-4;2*1-2/h2,4H2,1H3;2*1-2H3. The Labute approximate surface area is 63.6 Å². The number of nitrogens with two attached hydrogens (primary N) is 1. The van der Waals surface area contributed by atoms with Crippen LogP contribution in [-0.2, 0) is 9.53 Å². The van der Waals surface area contributed by atoms with Crippen LogP contribution in [0.25, 0.3) is 0 Å². The second kappa shape index (κ2) is 23.7. The first-order chi connectivity index (χ1) is 4.81. The van der Waals surface area contributed by atoms with Crippen molar-refractivity contribution in [2.24, 2.45) is 5.73 Å². The third kappa shape index (κ3) is 26.1. The number of methoxy groups -OCH3 is 1. The van der Waals surface area contributed by atoms with Gasteiger partial charge in [-0.05, 0) is 0 Å². The molecule has 0 aromatic rings. The molecule has 10 heavy (non-hydrogen) atoms. The summed E-state index contributed by atoms with van der Waals surface area (Å²) >= 11 is 0. The molecular weight excluding hydrogens is 130 g/mol. The zero-order valence-corrected chi connectivity index (χ0v) is 7.60. The Kier molecular flexibility index (Phi) is 38.4. The predicted molar refractivity (Wildman–Crippen MR) is 43.8 cm³/mol. The lowest BCUT2D eigenvalue weighted by Crippen LogP contribution is -2.14. The van der Waals surface area contributed by atoms with E-state index in [1.165, 1.54) is 7.11 Å². The Bertz CT molecular complexity index is 49.6. The fraction of sp³-hybridized carbons (Fsp3) is 0.857. The molecule has 0 saturated heterocycles. The van der Waals surface area contributed by atoms with Crippen molar-refractivity contribution in [3.63, 3.8) is 0 Å². The van der Waals surface area contributed by atoms with Gasteiger partial charge in [0, 0.05) is 0 Å². The van der Waals surface area contributed by atoms with Crippen molar-refractivity contribution in [1.29, 1.82) is 0 Å². The molecule has 0 fully saturated rings. The molecule has 0 atom stereocenters. The van der Waals surface area contributed by atoms with Gasteiger partial charge in [-0.15, -0.1) is 0 Å². The van der Waals surface area contributed by atoms with Crippen LogP contribution in [0.1, 0.15) is 27.7 Å². The minimum Gasteiger partial charge on any atom is -0.468 e. The molecular formula is C7H19NO2. The summed E-state index contributed by atoms with van der Waals surface area (Å²) in [6.45, 7) is 7.97. The zero-order chi connectivity index (χ0) is 8.99. The summed E-state index contributed by atoms with van der Waals surface area (Å²) in [5, 5.41) is 0. The molecule has 0 heterocycles. The second-order valence-corrected chi connectivity index (χ2v) is 0.780. The Balaban J connectivity index is -0.000000105. The van der Waals surface area contributed by atoms with Gasteiger partial charge in [-0.3, -0.25) is 4.79 Å². The highest BCUT2D eigenvalue weighted by atomic mass is 16.5. The number of rotatable bonds is 1. The molecule has 0 bridgehead atoms. The molecule has 0 aliphatic carbocycles. The summed E-state index contributed by atoms with van der Waals surface area (Å²) in [4.78, 5) is 9.83. The van der Waals surface area contributed by atoms with E-state index in [9.17, 15) is 4.79 Å². The maximum Gasteiger partial charge on any atom is 0.319 e. The lowest BCUT2D eigenvalue weighted by Gasteiger charge is -1.87. The van der Waals surface area contributed by atoms with Crippen molar-refractivity contribution in [3.05, 3.63) is 0 Å². The topological polar surface area (TPSA) is 52.3 Å². The summed E-state index contributed by atoms with van der Waals surface area (Å²) in [6, 6.07) is 0. The van der Waals surface area contributed by atoms with Crippen LogP contribution < -0.4 is 5.73 Å². The molecule has 2 N–H and O–H groups in total. The minimum atomic E-state index is -0.380. The van der Waals surface area contributed by atoms with E-state index >= 15 is 0 Å². The molecule has 0 aromatic carbocycles. The highest BCUT2D eigenvalue weighted by molar-refractivity contribution is 5.70. The van der Waals surface area contributed by atoms with E-state index in [1.54, 1.807) is 0 Å². The van der Waals surface area contributed by atoms with Crippen LogP contribution in [0.15, 0.2) is 0 Å². The summed E-state index contributed by atoms with van der Waals surface area (Å²) < 4.78 is 4.14. The summed E-state index contributed by atoms with van der Waals surface area (Å²) in [6.07, 6.45) is 0. The average Bonchev–Trinajstić information content (AvgIpc) is 2.10. The average molecular weight is 149 g/mol. The Morgan fingerprint density at radius 2 is 1.60 bits per heavy atom. The van der Waals surface area contributed by atoms with Gasteiger partial charge in [0.1, 0.15) is 0 Å². The fourth-order valence-electron chi connectivity index (χ4n) is 0.0833. The SMILES string of the molecule is CC.CC.COC(=O)CN. The van der Waals surface area contributed by atoms with Gasteiger partial charge >= 0.3 is 5.97 Å². The van der Waals surface area contributed by atoms with Crippen molar-refractivity contribution in [3.8, 4) is 0 Å². The molecule has 0 unspecified atom stereocenters. The third-order valence-electron chi connectivity index (χ3n) is 0.394. The van der Waals surface area contributed by atoms with E-state index in [-0.39, 0.29) is 12.5 Å². The van der Waals surface area contributed by atoms with Gasteiger partial charge in [-0.25, -0.2) is 0 Å². The normalized spacial score (nSPS) is 5.80. The largest absolute Gasteiger partial charge is 0.468 e. The molecule has 0 aliphatic heterocycles. The van der Waals surface area contributed by atoms with Gasteiger partial charge in [0.2, 0.25) is 0 Å². The van der Waals surface area contributed by atoms with Crippen LogP contribution >= 0.6 is 0 Å². The van der Waals surface area contributed by atoms with E-state index in [4.69, 9.17) is 5.73 Å². The third-order valence-corrected chi connectivity index (χ3v) is 0.394. The number of ether oxygens (including phenoxy) is 1. The van der Waals surface area contributed by atoms with E-state index in [0.717, 1.165) is 0 Å². The first kappa shape index (κ1) is 16.2. The van der Waals surface area contributed by atoms with Gasteiger partial charge in [0.05, 0.1) is 13.7 Å². The highest BCUT2D eigenvalue weighted by Crippen LogP contribution is 1.61. The van der Waals surface area contributed by atoms with Crippen LogP contribution in [0.4, 0.5) is 0 Å². The molecule has 0 aromatic heterocycles. The quantitative estimate of drug-likeness (QED) is 0.569. The fourth-order valence-corrected chi connectivity index (χ4v) is 0.0833. The molecule has 0 radical (unpaired) electrons. The van der Waals surface area contributed by atoms with E-state index in [2.05, 4.69) is 4.74 Å². The van der Waals surface area contributed by atoms with Gasteiger partial charge in [0.25, 0.3) is 0 Å². The number of carbonyl (C=O) groups is 1. The maximum absolute atomic E-state index is 9.83. The lowest BCUT2D eigenvalue weighted by molar-refractivity contribution is -0.138. The van der Waals surface area contributed by atoms with Crippen molar-refractivity contribution in [2.45, 2.75) is 27.7 Å². The molecule has 0 saturated carbocycles. The van der Waals surface area contributed by atoms with Crippen LogP contribution in [0.2, 0.25) is 0 Å². The highest BCUT2D eigenvalue weighted by Gasteiger charge is 1.87. The first-order valence-corrected chi connectivity index (χ1v) is 3.58. The maximum atomic E-state index is 9.83.